The van der Waals surface area contributed by atoms with Crippen LogP contribution in [0.2, 0.25) is 5.02 Å². The van der Waals surface area contributed by atoms with Crippen LogP contribution in [0.15, 0.2) is 39.8 Å². The average molecular weight is 363 g/mol. The van der Waals surface area contributed by atoms with E-state index in [0.717, 1.165) is 48.4 Å². The van der Waals surface area contributed by atoms with Crippen molar-refractivity contribution >= 4 is 17.6 Å². The van der Waals surface area contributed by atoms with Gasteiger partial charge in [0.2, 0.25) is 0 Å². The third-order valence-electron chi connectivity index (χ3n) is 3.75. The molecule has 0 unspecified atom stereocenters. The summed E-state index contributed by atoms with van der Waals surface area (Å²) in [6.45, 7) is 8.38. The fourth-order valence-corrected chi connectivity index (χ4v) is 2.45. The number of aromatic nitrogens is 1. The smallest absolute Gasteiger partial charge is 0.191 e. The van der Waals surface area contributed by atoms with Gasteiger partial charge in [0, 0.05) is 24.2 Å². The van der Waals surface area contributed by atoms with Gasteiger partial charge in [-0.1, -0.05) is 42.7 Å². The summed E-state index contributed by atoms with van der Waals surface area (Å²) < 4.78 is 5.32. The number of aryl methyl sites for hydroxylation is 1. The van der Waals surface area contributed by atoms with E-state index in [-0.39, 0.29) is 0 Å². The van der Waals surface area contributed by atoms with Gasteiger partial charge in [0.05, 0.1) is 5.69 Å². The fraction of sp³-hybridized carbons (Fsp3) is 0.474. The summed E-state index contributed by atoms with van der Waals surface area (Å²) in [6, 6.07) is 9.96. The molecule has 0 bridgehead atoms. The zero-order valence-corrected chi connectivity index (χ0v) is 15.9. The van der Waals surface area contributed by atoms with Crippen LogP contribution in [0.25, 0.3) is 0 Å². The number of hydrogen-bond donors (Lipinski definition) is 2. The van der Waals surface area contributed by atoms with Crippen LogP contribution in [0.5, 0.6) is 0 Å². The molecule has 0 saturated carbocycles. The monoisotopic (exact) mass is 362 g/mol. The van der Waals surface area contributed by atoms with E-state index in [2.05, 4.69) is 53.7 Å². The molecular weight excluding hydrogens is 336 g/mol. The summed E-state index contributed by atoms with van der Waals surface area (Å²) >= 11 is 5.90. The van der Waals surface area contributed by atoms with E-state index in [9.17, 15) is 0 Å². The lowest BCUT2D eigenvalue weighted by atomic mass is 10.1. The second kappa shape index (κ2) is 10.1. The van der Waals surface area contributed by atoms with E-state index >= 15 is 0 Å². The number of halogens is 1. The Morgan fingerprint density at radius 1 is 1.24 bits per heavy atom. The molecule has 2 aromatic rings. The van der Waals surface area contributed by atoms with Crippen molar-refractivity contribution in [3.05, 3.63) is 52.4 Å². The topological polar surface area (TPSA) is 62.5 Å². The molecule has 0 aliphatic carbocycles. The Kier molecular flexibility index (Phi) is 7.79. The van der Waals surface area contributed by atoms with Gasteiger partial charge >= 0.3 is 0 Å². The molecule has 1 heterocycles. The van der Waals surface area contributed by atoms with Gasteiger partial charge in [-0.05, 0) is 43.4 Å². The minimum Gasteiger partial charge on any atom is -0.359 e. The Labute approximate surface area is 154 Å². The third-order valence-corrected chi connectivity index (χ3v) is 4.01. The SMILES string of the molecule is CCNC(=NCc1cc(C(C)C)no1)NCCCc1ccc(Cl)cc1. The number of nitrogens with zero attached hydrogens (tertiary/aromatic N) is 2. The molecule has 25 heavy (non-hydrogen) atoms. The fourth-order valence-electron chi connectivity index (χ4n) is 2.32. The minimum atomic E-state index is 0.362. The summed E-state index contributed by atoms with van der Waals surface area (Å²) in [5.41, 5.74) is 2.25. The van der Waals surface area contributed by atoms with Gasteiger partial charge in [-0.25, -0.2) is 4.99 Å². The van der Waals surface area contributed by atoms with Gasteiger partial charge in [-0.2, -0.15) is 0 Å². The van der Waals surface area contributed by atoms with Crippen LogP contribution in [-0.4, -0.2) is 24.2 Å². The van der Waals surface area contributed by atoms with E-state index < -0.39 is 0 Å². The molecule has 6 heteroatoms. The maximum atomic E-state index is 5.90. The quantitative estimate of drug-likeness (QED) is 0.421. The van der Waals surface area contributed by atoms with E-state index in [1.807, 2.05) is 18.2 Å². The highest BCUT2D eigenvalue weighted by Crippen LogP contribution is 2.14. The van der Waals surface area contributed by atoms with Crippen molar-refractivity contribution in [2.45, 2.75) is 46.1 Å². The molecule has 0 radical (unpaired) electrons. The molecule has 2 N–H and O–H groups in total. The first-order chi connectivity index (χ1) is 12.1. The summed E-state index contributed by atoms with van der Waals surface area (Å²) in [4.78, 5) is 4.56. The number of benzene rings is 1. The zero-order valence-electron chi connectivity index (χ0n) is 15.2. The second-order valence-corrected chi connectivity index (χ2v) is 6.66. The highest BCUT2D eigenvalue weighted by Gasteiger charge is 2.07. The van der Waals surface area contributed by atoms with Crippen molar-refractivity contribution in [2.24, 2.45) is 4.99 Å². The molecule has 0 fully saturated rings. The van der Waals surface area contributed by atoms with Crippen molar-refractivity contribution in [1.82, 2.24) is 15.8 Å². The number of aliphatic imine (C=N–C) groups is 1. The lowest BCUT2D eigenvalue weighted by Crippen LogP contribution is -2.37. The zero-order chi connectivity index (χ0) is 18.1. The van der Waals surface area contributed by atoms with Gasteiger partial charge in [0.1, 0.15) is 6.54 Å². The van der Waals surface area contributed by atoms with Crippen molar-refractivity contribution in [3.63, 3.8) is 0 Å². The maximum Gasteiger partial charge on any atom is 0.191 e. The van der Waals surface area contributed by atoms with Crippen molar-refractivity contribution < 1.29 is 4.52 Å². The Morgan fingerprint density at radius 3 is 2.64 bits per heavy atom. The van der Waals surface area contributed by atoms with Crippen LogP contribution in [0.3, 0.4) is 0 Å². The predicted octanol–water partition coefficient (Wildman–Crippen LogP) is 4.14. The first kappa shape index (κ1) is 19.3. The van der Waals surface area contributed by atoms with Crippen LogP contribution >= 0.6 is 11.6 Å². The number of guanidine groups is 1. The van der Waals surface area contributed by atoms with Crippen LogP contribution in [-0.2, 0) is 13.0 Å². The van der Waals surface area contributed by atoms with Gasteiger partial charge in [-0.15, -0.1) is 0 Å². The summed E-state index contributed by atoms with van der Waals surface area (Å²) in [5, 5.41) is 11.4. The second-order valence-electron chi connectivity index (χ2n) is 6.22. The third kappa shape index (κ3) is 6.78. The van der Waals surface area contributed by atoms with Crippen molar-refractivity contribution in [1.29, 1.82) is 0 Å². The van der Waals surface area contributed by atoms with E-state index in [0.29, 0.717) is 12.5 Å². The molecule has 0 atom stereocenters. The number of hydrogen-bond acceptors (Lipinski definition) is 3. The molecule has 1 aromatic carbocycles. The van der Waals surface area contributed by atoms with Crippen molar-refractivity contribution in [2.75, 3.05) is 13.1 Å². The van der Waals surface area contributed by atoms with E-state index in [1.54, 1.807) is 0 Å². The lowest BCUT2D eigenvalue weighted by Gasteiger charge is -2.10. The lowest BCUT2D eigenvalue weighted by molar-refractivity contribution is 0.376. The largest absolute Gasteiger partial charge is 0.359 e. The van der Waals surface area contributed by atoms with Gasteiger partial charge in [0.25, 0.3) is 0 Å². The minimum absolute atomic E-state index is 0.362. The Balaban J connectivity index is 1.79. The van der Waals surface area contributed by atoms with Crippen molar-refractivity contribution in [3.8, 4) is 0 Å². The summed E-state index contributed by atoms with van der Waals surface area (Å²) in [5.74, 6) is 1.93. The molecule has 2 rings (SSSR count). The molecule has 0 amide bonds. The molecule has 0 aliphatic heterocycles. The standard InChI is InChI=1S/C19H27ClN4O/c1-4-21-19(23-13-17-12-18(14(2)3)24-25-17)22-11-5-6-15-7-9-16(20)10-8-15/h7-10,12,14H,4-6,11,13H2,1-3H3,(H2,21,22,23). The molecule has 1 aromatic heterocycles. The molecule has 5 nitrogen and oxygen atoms in total. The number of nitrogens with one attached hydrogen (secondary N) is 2. The van der Waals surface area contributed by atoms with E-state index in [4.69, 9.17) is 16.1 Å². The molecule has 136 valence electrons. The maximum absolute atomic E-state index is 5.90. The molecule has 0 aliphatic rings. The predicted molar refractivity (Wildman–Crippen MR) is 103 cm³/mol. The summed E-state index contributed by atoms with van der Waals surface area (Å²) in [7, 11) is 0. The Morgan fingerprint density at radius 2 is 2.00 bits per heavy atom. The summed E-state index contributed by atoms with van der Waals surface area (Å²) in [6.07, 6.45) is 2.02. The highest BCUT2D eigenvalue weighted by atomic mass is 35.5. The van der Waals surface area contributed by atoms with Gasteiger partial charge in [0.15, 0.2) is 11.7 Å². The van der Waals surface area contributed by atoms with Gasteiger partial charge < -0.3 is 15.2 Å². The molecular formula is C19H27ClN4O. The van der Waals surface area contributed by atoms with Crippen LogP contribution in [0, 0.1) is 0 Å². The first-order valence-corrected chi connectivity index (χ1v) is 9.18. The van der Waals surface area contributed by atoms with E-state index in [1.165, 1.54) is 5.56 Å². The van der Waals surface area contributed by atoms with Crippen LogP contribution < -0.4 is 10.6 Å². The Hall–Kier alpha value is -2.01. The van der Waals surface area contributed by atoms with Gasteiger partial charge in [-0.3, -0.25) is 0 Å². The van der Waals surface area contributed by atoms with Crippen LogP contribution in [0.4, 0.5) is 0 Å². The molecule has 0 spiro atoms. The van der Waals surface area contributed by atoms with Crippen LogP contribution in [0.1, 0.15) is 50.1 Å². The molecule has 0 saturated heterocycles. The first-order valence-electron chi connectivity index (χ1n) is 8.80. The normalized spacial score (nSPS) is 11.8. The average Bonchev–Trinajstić information content (AvgIpc) is 3.07. The number of rotatable bonds is 8. The Bertz CT molecular complexity index is 664. The highest BCUT2D eigenvalue weighted by molar-refractivity contribution is 6.30.